The Morgan fingerprint density at radius 3 is 2.56 bits per heavy atom. The Morgan fingerprint density at radius 2 is 1.84 bits per heavy atom. The normalized spacial score (nSPS) is 11.8. The van der Waals surface area contributed by atoms with Crippen molar-refractivity contribution in [1.29, 1.82) is 0 Å². The van der Waals surface area contributed by atoms with Gasteiger partial charge >= 0.3 is 6.09 Å². The lowest BCUT2D eigenvalue weighted by molar-refractivity contribution is 0.136. The summed E-state index contributed by atoms with van der Waals surface area (Å²) < 4.78 is 6.71. The summed E-state index contributed by atoms with van der Waals surface area (Å²) in [5, 5.41) is 13.4. The molecule has 7 nitrogen and oxygen atoms in total. The fraction of sp³-hybridized carbons (Fsp3) is 0.125. The predicted molar refractivity (Wildman–Crippen MR) is 122 cm³/mol. The number of aromatic hydroxyl groups is 1. The molecule has 3 aromatic carbocycles. The number of aromatic nitrogens is 2. The third-order valence-corrected chi connectivity index (χ3v) is 5.15. The van der Waals surface area contributed by atoms with E-state index < -0.39 is 12.1 Å². The molecule has 162 valence electrons. The minimum Gasteiger partial charge on any atom is -0.508 e. The lowest BCUT2D eigenvalue weighted by Gasteiger charge is -2.19. The third-order valence-electron chi connectivity index (χ3n) is 4.90. The Hall–Kier alpha value is -3.84. The number of nitrogens with zero attached hydrogens (tertiary/aromatic N) is 2. The molecule has 0 aliphatic rings. The molecule has 8 heteroatoms. The summed E-state index contributed by atoms with van der Waals surface area (Å²) in [6, 6.07) is 19.7. The highest BCUT2D eigenvalue weighted by Crippen LogP contribution is 2.22. The van der Waals surface area contributed by atoms with E-state index in [0.717, 1.165) is 5.56 Å². The number of benzene rings is 3. The highest BCUT2D eigenvalue weighted by atomic mass is 35.5. The number of ether oxygens (including phenoxy) is 1. The summed E-state index contributed by atoms with van der Waals surface area (Å²) in [6.45, 7) is 1.81. The zero-order chi connectivity index (χ0) is 22.7. The van der Waals surface area contributed by atoms with Crippen LogP contribution in [0.15, 0.2) is 77.6 Å². The van der Waals surface area contributed by atoms with E-state index >= 15 is 0 Å². The molecule has 0 spiro atoms. The van der Waals surface area contributed by atoms with Gasteiger partial charge in [-0.25, -0.2) is 9.78 Å². The summed E-state index contributed by atoms with van der Waals surface area (Å²) in [6.07, 6.45) is -0.644. The monoisotopic (exact) mass is 449 g/mol. The van der Waals surface area contributed by atoms with E-state index in [2.05, 4.69) is 10.3 Å². The fourth-order valence-corrected chi connectivity index (χ4v) is 3.45. The smallest absolute Gasteiger partial charge is 0.408 e. The first kappa shape index (κ1) is 21.4. The van der Waals surface area contributed by atoms with Crippen molar-refractivity contribution in [2.45, 2.75) is 19.6 Å². The number of alkyl carbamates (subject to hydrolysis) is 1. The van der Waals surface area contributed by atoms with E-state index in [-0.39, 0.29) is 23.7 Å². The lowest BCUT2D eigenvalue weighted by atomic mass is 10.2. The molecule has 0 aliphatic carbocycles. The van der Waals surface area contributed by atoms with Crippen molar-refractivity contribution in [2.75, 3.05) is 0 Å². The molecule has 1 amide bonds. The molecular formula is C24H20ClN3O4. The van der Waals surface area contributed by atoms with Gasteiger partial charge in [0.15, 0.2) is 0 Å². The van der Waals surface area contributed by atoms with E-state index in [9.17, 15) is 14.7 Å². The SMILES string of the molecule is CC(NC(=O)OCc1ccccc1)c1nc2cc(O)ccc2c(=O)n1-c1ccc(Cl)cc1. The van der Waals surface area contributed by atoms with Crippen LogP contribution in [-0.4, -0.2) is 20.8 Å². The molecule has 0 saturated heterocycles. The summed E-state index contributed by atoms with van der Waals surface area (Å²) >= 11 is 6.00. The maximum atomic E-state index is 13.3. The second-order valence-corrected chi connectivity index (χ2v) is 7.65. The topological polar surface area (TPSA) is 93.5 Å². The average Bonchev–Trinajstić information content (AvgIpc) is 2.79. The van der Waals surface area contributed by atoms with Crippen LogP contribution in [0.3, 0.4) is 0 Å². The summed E-state index contributed by atoms with van der Waals surface area (Å²) in [7, 11) is 0. The van der Waals surface area contributed by atoms with Crippen LogP contribution in [0, 0.1) is 0 Å². The average molecular weight is 450 g/mol. The van der Waals surface area contributed by atoms with Crippen LogP contribution >= 0.6 is 11.6 Å². The zero-order valence-corrected chi connectivity index (χ0v) is 17.9. The molecule has 0 bridgehead atoms. The molecule has 4 rings (SSSR count). The fourth-order valence-electron chi connectivity index (χ4n) is 3.33. The van der Waals surface area contributed by atoms with E-state index in [0.29, 0.717) is 21.6 Å². The Kier molecular flexibility index (Phi) is 6.09. The van der Waals surface area contributed by atoms with Gasteiger partial charge in [-0.3, -0.25) is 9.36 Å². The number of nitrogens with one attached hydrogen (secondary N) is 1. The molecule has 0 radical (unpaired) electrons. The number of fused-ring (bicyclic) bond motifs is 1. The zero-order valence-electron chi connectivity index (χ0n) is 17.2. The lowest BCUT2D eigenvalue weighted by Crippen LogP contribution is -2.33. The van der Waals surface area contributed by atoms with Gasteiger partial charge in [0.2, 0.25) is 0 Å². The van der Waals surface area contributed by atoms with Crippen LogP contribution < -0.4 is 10.9 Å². The van der Waals surface area contributed by atoms with Crippen molar-refractivity contribution < 1.29 is 14.6 Å². The highest BCUT2D eigenvalue weighted by molar-refractivity contribution is 6.30. The van der Waals surface area contributed by atoms with Crippen molar-refractivity contribution in [2.24, 2.45) is 0 Å². The molecule has 0 fully saturated rings. The first-order valence-electron chi connectivity index (χ1n) is 9.91. The number of carbonyl (C=O) groups excluding carboxylic acids is 1. The van der Waals surface area contributed by atoms with Crippen LogP contribution in [0.5, 0.6) is 5.75 Å². The van der Waals surface area contributed by atoms with Gasteiger partial charge in [-0.05, 0) is 48.9 Å². The van der Waals surface area contributed by atoms with Crippen molar-refractivity contribution in [3.8, 4) is 11.4 Å². The largest absolute Gasteiger partial charge is 0.508 e. The van der Waals surface area contributed by atoms with Crippen LogP contribution in [0.1, 0.15) is 24.4 Å². The van der Waals surface area contributed by atoms with Gasteiger partial charge in [-0.15, -0.1) is 0 Å². The van der Waals surface area contributed by atoms with Crippen molar-refractivity contribution in [3.63, 3.8) is 0 Å². The number of rotatable bonds is 5. The maximum Gasteiger partial charge on any atom is 0.408 e. The summed E-state index contributed by atoms with van der Waals surface area (Å²) in [5.74, 6) is 0.273. The molecule has 1 aromatic heterocycles. The van der Waals surface area contributed by atoms with Crippen molar-refractivity contribution >= 4 is 28.6 Å². The van der Waals surface area contributed by atoms with E-state index in [1.165, 1.54) is 22.8 Å². The van der Waals surface area contributed by atoms with Crippen molar-refractivity contribution in [1.82, 2.24) is 14.9 Å². The second kappa shape index (κ2) is 9.11. The predicted octanol–water partition coefficient (Wildman–Crippen LogP) is 4.73. The van der Waals surface area contributed by atoms with Gasteiger partial charge in [0.05, 0.1) is 22.6 Å². The number of phenols is 1. The molecule has 2 N–H and O–H groups in total. The minimum atomic E-state index is -0.673. The first-order valence-corrected chi connectivity index (χ1v) is 10.3. The molecule has 4 aromatic rings. The number of hydrogen-bond acceptors (Lipinski definition) is 5. The standard InChI is InChI=1S/C24H20ClN3O4/c1-15(26-24(31)32-14-16-5-3-2-4-6-16)22-27-21-13-19(29)11-12-20(21)23(30)28(22)18-9-7-17(25)8-10-18/h2-13,15,29H,14H2,1H3,(H,26,31). The number of carbonyl (C=O) groups is 1. The molecule has 32 heavy (non-hydrogen) atoms. The number of amides is 1. The second-order valence-electron chi connectivity index (χ2n) is 7.22. The first-order chi connectivity index (χ1) is 15.4. The van der Waals surface area contributed by atoms with Gasteiger partial charge in [0.25, 0.3) is 5.56 Å². The van der Waals surface area contributed by atoms with Crippen molar-refractivity contribution in [3.05, 3.63) is 99.6 Å². The van der Waals surface area contributed by atoms with E-state index in [4.69, 9.17) is 16.3 Å². The Balaban J connectivity index is 1.69. The van der Waals surface area contributed by atoms with Gasteiger partial charge in [-0.2, -0.15) is 0 Å². The summed E-state index contributed by atoms with van der Waals surface area (Å²) in [4.78, 5) is 30.3. The van der Waals surface area contributed by atoms with Crippen LogP contribution in [0.25, 0.3) is 16.6 Å². The molecular weight excluding hydrogens is 430 g/mol. The maximum absolute atomic E-state index is 13.3. The number of halogens is 1. The molecule has 0 saturated carbocycles. The van der Waals surface area contributed by atoms with E-state index in [1.54, 1.807) is 31.2 Å². The summed E-state index contributed by atoms with van der Waals surface area (Å²) in [5.41, 5.74) is 1.39. The highest BCUT2D eigenvalue weighted by Gasteiger charge is 2.20. The third kappa shape index (κ3) is 4.58. The van der Waals surface area contributed by atoms with Gasteiger partial charge in [0.1, 0.15) is 18.2 Å². The molecule has 1 heterocycles. The molecule has 0 aliphatic heterocycles. The van der Waals surface area contributed by atoms with Crippen LogP contribution in [-0.2, 0) is 11.3 Å². The van der Waals surface area contributed by atoms with Gasteiger partial charge < -0.3 is 15.2 Å². The Bertz CT molecular complexity index is 1320. The number of hydrogen-bond donors (Lipinski definition) is 2. The quantitative estimate of drug-likeness (QED) is 0.459. The molecule has 1 unspecified atom stereocenters. The Labute approximate surface area is 188 Å². The van der Waals surface area contributed by atoms with Gasteiger partial charge in [-0.1, -0.05) is 41.9 Å². The van der Waals surface area contributed by atoms with Crippen LogP contribution in [0.2, 0.25) is 5.02 Å². The number of phenolic OH excluding ortho intramolecular Hbond substituents is 1. The minimum absolute atomic E-state index is 0.0116. The van der Waals surface area contributed by atoms with Gasteiger partial charge in [0, 0.05) is 11.1 Å². The Morgan fingerprint density at radius 1 is 1.12 bits per heavy atom. The van der Waals surface area contributed by atoms with Crippen LogP contribution in [0.4, 0.5) is 4.79 Å². The molecule has 1 atom stereocenters. The van der Waals surface area contributed by atoms with E-state index in [1.807, 2.05) is 30.3 Å².